The molecule has 3 aliphatic heterocycles. The molecule has 2 atom stereocenters. The molecule has 0 radical (unpaired) electrons. The molecular weight excluding hydrogens is 356 g/mol. The van der Waals surface area contributed by atoms with E-state index in [-0.39, 0.29) is 24.3 Å². The quantitative estimate of drug-likeness (QED) is 0.772. The van der Waals surface area contributed by atoms with Gasteiger partial charge in [0.15, 0.2) is 0 Å². The Labute approximate surface area is 151 Å². The lowest BCUT2D eigenvalue weighted by molar-refractivity contribution is -0.164. The summed E-state index contributed by atoms with van der Waals surface area (Å²) in [6.07, 6.45) is 6.06. The fourth-order valence-corrected chi connectivity index (χ4v) is 5.60. The van der Waals surface area contributed by atoms with Gasteiger partial charge in [-0.25, -0.2) is 9.97 Å². The molecule has 9 nitrogen and oxygen atoms in total. The van der Waals surface area contributed by atoms with Crippen LogP contribution in [0.1, 0.15) is 19.3 Å². The predicted molar refractivity (Wildman–Crippen MR) is 96.0 cm³/mol. The zero-order valence-corrected chi connectivity index (χ0v) is 15.3. The minimum absolute atomic E-state index is 0.0322. The van der Waals surface area contributed by atoms with Crippen molar-refractivity contribution in [1.29, 1.82) is 0 Å². The number of hydrogen-bond acceptors (Lipinski definition) is 6. The second-order valence-corrected chi connectivity index (χ2v) is 9.13. The monoisotopic (exact) mass is 378 g/mol. The molecule has 0 aromatic carbocycles. The van der Waals surface area contributed by atoms with E-state index >= 15 is 0 Å². The number of aromatic amines is 1. The number of fused-ring (bicyclic) bond motifs is 3. The Morgan fingerprint density at radius 1 is 1.27 bits per heavy atom. The maximum absolute atomic E-state index is 12.6. The van der Waals surface area contributed by atoms with Crippen molar-refractivity contribution >= 4 is 27.1 Å². The topological polar surface area (TPSA) is 103 Å². The summed E-state index contributed by atoms with van der Waals surface area (Å²) < 4.78 is 35.0. The predicted octanol–water partition coefficient (Wildman–Crippen LogP) is 0.233. The molecule has 1 aliphatic carbocycles. The highest BCUT2D eigenvalue weighted by Gasteiger charge is 2.44. The van der Waals surface area contributed by atoms with Gasteiger partial charge in [0.05, 0.1) is 17.6 Å². The fraction of sp³-hybridized carbons (Fsp3) is 0.625. The number of rotatable bonds is 5. The van der Waals surface area contributed by atoms with Gasteiger partial charge in [0.1, 0.15) is 17.8 Å². The van der Waals surface area contributed by atoms with Crippen LogP contribution in [0.4, 0.5) is 5.82 Å². The molecule has 1 saturated carbocycles. The van der Waals surface area contributed by atoms with E-state index in [1.54, 1.807) is 6.33 Å². The molecule has 2 aromatic rings. The second-order valence-electron chi connectivity index (χ2n) is 7.43. The average Bonchev–Trinajstić information content (AvgIpc) is 3.05. The van der Waals surface area contributed by atoms with E-state index in [9.17, 15) is 8.42 Å². The third-order valence-electron chi connectivity index (χ3n) is 5.71. The lowest BCUT2D eigenvalue weighted by atomic mass is 9.86. The van der Waals surface area contributed by atoms with Crippen LogP contribution in [0.15, 0.2) is 18.6 Å². The van der Waals surface area contributed by atoms with Crippen LogP contribution in [0.5, 0.6) is 0 Å². The van der Waals surface area contributed by atoms with E-state index in [0.717, 1.165) is 36.1 Å². The minimum atomic E-state index is -3.43. The zero-order chi connectivity index (χ0) is 17.9. The van der Waals surface area contributed by atoms with Crippen molar-refractivity contribution in [3.8, 4) is 0 Å². The molecule has 2 N–H and O–H groups in total. The van der Waals surface area contributed by atoms with Crippen LogP contribution >= 0.6 is 0 Å². The number of nitrogens with one attached hydrogen (secondary N) is 2. The standard InChI is InChI=1S/C16H22N6O3S/c1-21(16-14-2-3-17-15(14)18-9-19-16)11-4-10(5-11)20-26(23,24)22-7-12-6-13(8-22)25-12/h2-3,9-13,20H,4-8H2,1H3,(H,17,18,19)/t10-,11+,12?,13?. The van der Waals surface area contributed by atoms with Gasteiger partial charge < -0.3 is 14.6 Å². The van der Waals surface area contributed by atoms with Crippen molar-refractivity contribution in [1.82, 2.24) is 24.0 Å². The van der Waals surface area contributed by atoms with Crippen molar-refractivity contribution in [2.24, 2.45) is 0 Å². The van der Waals surface area contributed by atoms with Crippen molar-refractivity contribution in [2.45, 2.75) is 43.6 Å². The van der Waals surface area contributed by atoms with Gasteiger partial charge in [-0.05, 0) is 18.9 Å². The molecule has 140 valence electrons. The lowest BCUT2D eigenvalue weighted by Gasteiger charge is -2.47. The number of morpholine rings is 1. The summed E-state index contributed by atoms with van der Waals surface area (Å²) in [6, 6.07) is 2.19. The van der Waals surface area contributed by atoms with Crippen molar-refractivity contribution in [3.05, 3.63) is 18.6 Å². The Morgan fingerprint density at radius 2 is 2.00 bits per heavy atom. The molecule has 0 amide bonds. The zero-order valence-electron chi connectivity index (χ0n) is 14.5. The van der Waals surface area contributed by atoms with Crippen LogP contribution in [0.2, 0.25) is 0 Å². The van der Waals surface area contributed by atoms with Gasteiger partial charge >= 0.3 is 0 Å². The Kier molecular flexibility index (Phi) is 3.71. The van der Waals surface area contributed by atoms with Crippen LogP contribution in [0.3, 0.4) is 0 Å². The minimum Gasteiger partial charge on any atom is -0.372 e. The number of ether oxygens (including phenoxy) is 1. The molecule has 5 heterocycles. The van der Waals surface area contributed by atoms with Gasteiger partial charge in [-0.3, -0.25) is 0 Å². The molecule has 10 heteroatoms. The van der Waals surface area contributed by atoms with Gasteiger partial charge in [0.25, 0.3) is 10.2 Å². The summed E-state index contributed by atoms with van der Waals surface area (Å²) in [6.45, 7) is 0.933. The Bertz CT molecular complexity index is 909. The Balaban J connectivity index is 1.21. The third-order valence-corrected chi connectivity index (χ3v) is 7.32. The first-order valence-electron chi connectivity index (χ1n) is 8.93. The van der Waals surface area contributed by atoms with Crippen LogP contribution in [-0.2, 0) is 14.9 Å². The highest BCUT2D eigenvalue weighted by molar-refractivity contribution is 7.87. The van der Waals surface area contributed by atoms with Crippen molar-refractivity contribution in [2.75, 3.05) is 25.0 Å². The van der Waals surface area contributed by atoms with Crippen LogP contribution in [-0.4, -0.2) is 72.1 Å². The molecule has 0 spiro atoms. The summed E-state index contributed by atoms with van der Waals surface area (Å²) in [5.74, 6) is 0.871. The molecule has 3 saturated heterocycles. The maximum atomic E-state index is 12.6. The fourth-order valence-electron chi connectivity index (χ4n) is 4.11. The Hall–Kier alpha value is -1.75. The van der Waals surface area contributed by atoms with Crippen LogP contribution in [0.25, 0.3) is 11.0 Å². The highest BCUT2D eigenvalue weighted by atomic mass is 32.2. The van der Waals surface area contributed by atoms with Gasteiger partial charge in [-0.15, -0.1) is 0 Å². The normalized spacial score (nSPS) is 31.4. The Morgan fingerprint density at radius 3 is 2.73 bits per heavy atom. The molecule has 4 aliphatic rings. The lowest BCUT2D eigenvalue weighted by Crippen LogP contribution is -2.62. The SMILES string of the molecule is CN(c1ncnc2[nH]ccc12)[C@H]1C[C@@H](NS(=O)(=O)N2CC3CC(C2)O3)C1. The van der Waals surface area contributed by atoms with Gasteiger partial charge in [0.2, 0.25) is 0 Å². The summed E-state index contributed by atoms with van der Waals surface area (Å²) >= 11 is 0. The largest absolute Gasteiger partial charge is 0.372 e. The molecule has 2 aromatic heterocycles. The number of nitrogens with zero attached hydrogens (tertiary/aromatic N) is 4. The summed E-state index contributed by atoms with van der Waals surface area (Å²) in [4.78, 5) is 13.8. The van der Waals surface area contributed by atoms with Crippen LogP contribution < -0.4 is 9.62 Å². The van der Waals surface area contributed by atoms with Crippen molar-refractivity contribution < 1.29 is 13.2 Å². The summed E-state index contributed by atoms with van der Waals surface area (Å²) in [7, 11) is -1.43. The average molecular weight is 378 g/mol. The maximum Gasteiger partial charge on any atom is 0.279 e. The number of piperidine rings is 1. The first kappa shape index (κ1) is 16.4. The number of anilines is 1. The third kappa shape index (κ3) is 2.68. The first-order valence-corrected chi connectivity index (χ1v) is 10.4. The van der Waals surface area contributed by atoms with Gasteiger partial charge in [0, 0.05) is 44.8 Å². The van der Waals surface area contributed by atoms with E-state index in [2.05, 4.69) is 24.6 Å². The number of H-pyrrole nitrogens is 1. The molecule has 4 fully saturated rings. The van der Waals surface area contributed by atoms with Gasteiger partial charge in [-0.1, -0.05) is 0 Å². The molecule has 2 bridgehead atoms. The first-order chi connectivity index (χ1) is 12.5. The van der Waals surface area contributed by atoms with E-state index in [0.29, 0.717) is 13.1 Å². The summed E-state index contributed by atoms with van der Waals surface area (Å²) in [5, 5.41) is 0.978. The second kappa shape index (κ2) is 5.88. The molecule has 26 heavy (non-hydrogen) atoms. The van der Waals surface area contributed by atoms with E-state index in [1.807, 2.05) is 19.3 Å². The number of hydrogen-bond donors (Lipinski definition) is 2. The molecule has 6 rings (SSSR count). The van der Waals surface area contributed by atoms with E-state index in [4.69, 9.17) is 4.74 Å². The van der Waals surface area contributed by atoms with E-state index < -0.39 is 10.2 Å². The molecular formula is C16H22N6O3S. The van der Waals surface area contributed by atoms with Crippen molar-refractivity contribution in [3.63, 3.8) is 0 Å². The number of aromatic nitrogens is 3. The summed E-state index contributed by atoms with van der Waals surface area (Å²) in [5.41, 5.74) is 0.810. The molecule has 2 unspecified atom stereocenters. The van der Waals surface area contributed by atoms with Crippen LogP contribution in [0, 0.1) is 0 Å². The smallest absolute Gasteiger partial charge is 0.279 e. The highest BCUT2D eigenvalue weighted by Crippen LogP contribution is 2.33. The van der Waals surface area contributed by atoms with E-state index in [1.165, 1.54) is 4.31 Å². The van der Waals surface area contributed by atoms with Gasteiger partial charge in [-0.2, -0.15) is 17.4 Å².